The zero-order valence-corrected chi connectivity index (χ0v) is 15.0. The molecule has 0 saturated heterocycles. The third-order valence-electron chi connectivity index (χ3n) is 3.89. The lowest BCUT2D eigenvalue weighted by atomic mass is 10.2. The number of ether oxygens (including phenoxy) is 1. The van der Waals surface area contributed by atoms with Gasteiger partial charge in [-0.1, -0.05) is 24.3 Å². The Bertz CT molecular complexity index is 962. The van der Waals surface area contributed by atoms with Crippen LogP contribution in [-0.2, 0) is 6.54 Å². The Morgan fingerprint density at radius 2 is 2.00 bits per heavy atom. The lowest BCUT2D eigenvalue weighted by molar-refractivity contribution is 0.102. The molecule has 7 heteroatoms. The van der Waals surface area contributed by atoms with Gasteiger partial charge in [0.05, 0.1) is 12.8 Å². The van der Waals surface area contributed by atoms with Gasteiger partial charge in [0.25, 0.3) is 5.91 Å². The van der Waals surface area contributed by atoms with Crippen LogP contribution in [0.3, 0.4) is 0 Å². The maximum atomic E-state index is 13.7. The van der Waals surface area contributed by atoms with Gasteiger partial charge in [-0.25, -0.2) is 14.4 Å². The fourth-order valence-corrected chi connectivity index (χ4v) is 2.49. The molecule has 3 rings (SSSR count). The molecule has 0 aliphatic carbocycles. The molecule has 138 valence electrons. The normalized spacial score (nSPS) is 10.3. The summed E-state index contributed by atoms with van der Waals surface area (Å²) in [5.41, 5.74) is 2.22. The molecule has 2 N–H and O–H groups in total. The summed E-state index contributed by atoms with van der Waals surface area (Å²) in [6.07, 6.45) is 1.47. The number of anilines is 2. The Morgan fingerprint density at radius 1 is 1.19 bits per heavy atom. The molecule has 1 amide bonds. The van der Waals surface area contributed by atoms with Crippen LogP contribution in [0.1, 0.15) is 21.6 Å². The minimum atomic E-state index is -0.393. The topological polar surface area (TPSA) is 76.1 Å². The first-order valence-electron chi connectivity index (χ1n) is 8.33. The van der Waals surface area contributed by atoms with Crippen molar-refractivity contribution in [3.05, 3.63) is 77.4 Å². The minimum absolute atomic E-state index is 0.185. The minimum Gasteiger partial charge on any atom is -0.495 e. The number of carbonyl (C=O) groups excluding carboxylic acids is 1. The van der Waals surface area contributed by atoms with Gasteiger partial charge in [-0.2, -0.15) is 0 Å². The van der Waals surface area contributed by atoms with Crippen molar-refractivity contribution in [1.82, 2.24) is 9.97 Å². The molecule has 3 aromatic rings. The second-order valence-electron chi connectivity index (χ2n) is 5.87. The van der Waals surface area contributed by atoms with E-state index in [1.54, 1.807) is 24.3 Å². The van der Waals surface area contributed by atoms with Crippen LogP contribution in [0.2, 0.25) is 0 Å². The Balaban J connectivity index is 1.72. The highest BCUT2D eigenvalue weighted by Gasteiger charge is 2.12. The molecule has 0 fully saturated rings. The van der Waals surface area contributed by atoms with Crippen LogP contribution >= 0.6 is 0 Å². The Labute approximate surface area is 156 Å². The van der Waals surface area contributed by atoms with Gasteiger partial charge >= 0.3 is 0 Å². The van der Waals surface area contributed by atoms with Gasteiger partial charge in [0.15, 0.2) is 0 Å². The van der Waals surface area contributed by atoms with Gasteiger partial charge in [-0.3, -0.25) is 4.79 Å². The van der Waals surface area contributed by atoms with E-state index in [0.29, 0.717) is 17.0 Å². The van der Waals surface area contributed by atoms with Crippen molar-refractivity contribution < 1.29 is 13.9 Å². The van der Waals surface area contributed by atoms with Crippen LogP contribution in [0.25, 0.3) is 0 Å². The van der Waals surface area contributed by atoms with E-state index in [1.165, 1.54) is 25.4 Å². The van der Waals surface area contributed by atoms with Crippen molar-refractivity contribution in [3.8, 4) is 5.75 Å². The number of benzene rings is 2. The average molecular weight is 366 g/mol. The summed E-state index contributed by atoms with van der Waals surface area (Å²) < 4.78 is 19.0. The maximum Gasteiger partial charge on any atom is 0.274 e. The van der Waals surface area contributed by atoms with Crippen molar-refractivity contribution in [3.63, 3.8) is 0 Å². The summed E-state index contributed by atoms with van der Waals surface area (Å²) >= 11 is 0. The third kappa shape index (κ3) is 4.58. The fraction of sp³-hybridized carbons (Fsp3) is 0.150. The molecular weight excluding hydrogens is 347 g/mol. The van der Waals surface area contributed by atoms with Gasteiger partial charge < -0.3 is 15.4 Å². The number of aromatic nitrogens is 2. The number of nitrogens with one attached hydrogen (secondary N) is 2. The lowest BCUT2D eigenvalue weighted by Gasteiger charge is -2.11. The largest absolute Gasteiger partial charge is 0.495 e. The summed E-state index contributed by atoms with van der Waals surface area (Å²) in [4.78, 5) is 20.8. The summed E-state index contributed by atoms with van der Waals surface area (Å²) in [7, 11) is 1.54. The van der Waals surface area contributed by atoms with Crippen molar-refractivity contribution in [1.29, 1.82) is 0 Å². The smallest absolute Gasteiger partial charge is 0.274 e. The first kappa shape index (κ1) is 18.3. The monoisotopic (exact) mass is 366 g/mol. The molecule has 27 heavy (non-hydrogen) atoms. The van der Waals surface area contributed by atoms with Gasteiger partial charge in [-0.15, -0.1) is 0 Å². The van der Waals surface area contributed by atoms with Crippen LogP contribution in [-0.4, -0.2) is 23.0 Å². The van der Waals surface area contributed by atoms with Crippen LogP contribution in [0.5, 0.6) is 5.75 Å². The highest BCUT2D eigenvalue weighted by atomic mass is 19.1. The van der Waals surface area contributed by atoms with Crippen molar-refractivity contribution in [2.24, 2.45) is 0 Å². The summed E-state index contributed by atoms with van der Waals surface area (Å²) in [6.45, 7) is 2.13. The zero-order chi connectivity index (χ0) is 19.2. The SMILES string of the molecule is COc1ccc(C)cc1NC(=O)c1ccnc(NCc2ccccc2F)n1. The Morgan fingerprint density at radius 3 is 2.78 bits per heavy atom. The van der Waals surface area contributed by atoms with Crippen LogP contribution in [0.15, 0.2) is 54.7 Å². The molecule has 0 aliphatic heterocycles. The van der Waals surface area contributed by atoms with Crippen LogP contribution in [0.4, 0.5) is 16.0 Å². The van der Waals surface area contributed by atoms with E-state index in [4.69, 9.17) is 4.74 Å². The van der Waals surface area contributed by atoms with Crippen molar-refractivity contribution in [2.45, 2.75) is 13.5 Å². The number of amides is 1. The molecule has 1 heterocycles. The summed E-state index contributed by atoms with van der Waals surface area (Å²) in [5, 5.41) is 5.71. The van der Waals surface area contributed by atoms with Gasteiger partial charge in [-0.05, 0) is 36.8 Å². The molecule has 6 nitrogen and oxygen atoms in total. The van der Waals surface area contributed by atoms with Gasteiger partial charge in [0.2, 0.25) is 5.95 Å². The average Bonchev–Trinajstić information content (AvgIpc) is 2.68. The van der Waals surface area contributed by atoms with Crippen LogP contribution in [0, 0.1) is 12.7 Å². The molecule has 1 aromatic heterocycles. The number of rotatable bonds is 6. The third-order valence-corrected chi connectivity index (χ3v) is 3.89. The van der Waals surface area contributed by atoms with Crippen molar-refractivity contribution in [2.75, 3.05) is 17.7 Å². The molecule has 2 aromatic carbocycles. The van der Waals surface area contributed by atoms with E-state index >= 15 is 0 Å². The number of nitrogens with zero attached hydrogens (tertiary/aromatic N) is 2. The molecule has 0 bridgehead atoms. The molecular formula is C20H19FN4O2. The number of halogens is 1. The summed E-state index contributed by atoms with van der Waals surface area (Å²) in [6, 6.07) is 13.4. The van der Waals surface area contributed by atoms with Gasteiger partial charge in [0.1, 0.15) is 17.3 Å². The molecule has 0 saturated carbocycles. The molecule has 0 aliphatic rings. The predicted molar refractivity (Wildman–Crippen MR) is 101 cm³/mol. The quantitative estimate of drug-likeness (QED) is 0.694. The van der Waals surface area contributed by atoms with E-state index in [1.807, 2.05) is 19.1 Å². The zero-order valence-electron chi connectivity index (χ0n) is 15.0. The highest BCUT2D eigenvalue weighted by molar-refractivity contribution is 6.03. The van der Waals surface area contributed by atoms with E-state index < -0.39 is 5.91 Å². The second-order valence-corrected chi connectivity index (χ2v) is 5.87. The maximum absolute atomic E-state index is 13.7. The van der Waals surface area contributed by atoms with Crippen molar-refractivity contribution >= 4 is 17.5 Å². The van der Waals surface area contributed by atoms with Crippen LogP contribution < -0.4 is 15.4 Å². The van der Waals surface area contributed by atoms with E-state index in [-0.39, 0.29) is 24.0 Å². The first-order chi connectivity index (χ1) is 13.1. The lowest BCUT2D eigenvalue weighted by Crippen LogP contribution is -2.16. The number of methoxy groups -OCH3 is 1. The van der Waals surface area contributed by atoms with E-state index in [2.05, 4.69) is 20.6 Å². The molecule has 0 spiro atoms. The number of carbonyl (C=O) groups is 1. The summed E-state index contributed by atoms with van der Waals surface area (Å²) in [5.74, 6) is 0.0868. The number of hydrogen-bond donors (Lipinski definition) is 2. The number of aryl methyl sites for hydroxylation is 1. The fourth-order valence-electron chi connectivity index (χ4n) is 2.49. The molecule has 0 unspecified atom stereocenters. The van der Waals surface area contributed by atoms with Gasteiger partial charge in [0, 0.05) is 18.3 Å². The second kappa shape index (κ2) is 8.27. The first-order valence-corrected chi connectivity index (χ1v) is 8.33. The molecule has 0 radical (unpaired) electrons. The highest BCUT2D eigenvalue weighted by Crippen LogP contribution is 2.25. The predicted octanol–water partition coefficient (Wildman–Crippen LogP) is 3.80. The Kier molecular flexibility index (Phi) is 5.61. The Hall–Kier alpha value is -3.48. The molecule has 0 atom stereocenters. The standard InChI is InChI=1S/C20H19FN4O2/c1-13-7-8-18(27-2)17(11-13)24-19(26)16-9-10-22-20(25-16)23-12-14-5-3-4-6-15(14)21/h3-11H,12H2,1-2H3,(H,24,26)(H,22,23,25). The number of hydrogen-bond acceptors (Lipinski definition) is 5. The van der Waals surface area contributed by atoms with E-state index in [0.717, 1.165) is 5.56 Å². The van der Waals surface area contributed by atoms with E-state index in [9.17, 15) is 9.18 Å².